The molecule has 0 aromatic heterocycles. The molecule has 0 fully saturated rings. The van der Waals surface area contributed by atoms with Gasteiger partial charge in [0.25, 0.3) is 5.69 Å². The molecule has 7 nitrogen and oxygen atoms in total. The summed E-state index contributed by atoms with van der Waals surface area (Å²) in [6, 6.07) is 10.2. The van der Waals surface area contributed by atoms with Gasteiger partial charge in [0, 0.05) is 30.0 Å². The number of rotatable bonds is 4. The maximum atomic E-state index is 13.9. The lowest BCUT2D eigenvalue weighted by Crippen LogP contribution is -2.44. The minimum atomic E-state index is -0.592. The van der Waals surface area contributed by atoms with Crippen molar-refractivity contribution in [2.45, 2.75) is 39.0 Å². The Morgan fingerprint density at radius 2 is 1.91 bits per heavy atom. The van der Waals surface area contributed by atoms with Crippen molar-refractivity contribution in [1.29, 1.82) is 0 Å². The fourth-order valence-electron chi connectivity index (χ4n) is 4.67. The number of hydrogen-bond acceptors (Lipinski definition) is 5. The van der Waals surface area contributed by atoms with Crippen LogP contribution < -0.4 is 9.64 Å². The van der Waals surface area contributed by atoms with Crippen LogP contribution in [0.15, 0.2) is 53.7 Å². The summed E-state index contributed by atoms with van der Waals surface area (Å²) in [4.78, 5) is 39.2. The van der Waals surface area contributed by atoms with Crippen LogP contribution in [0.5, 0.6) is 5.75 Å². The highest BCUT2D eigenvalue weighted by Crippen LogP contribution is 2.49. The van der Waals surface area contributed by atoms with E-state index in [0.29, 0.717) is 23.3 Å². The van der Waals surface area contributed by atoms with Gasteiger partial charge in [-0.3, -0.25) is 24.6 Å². The number of nitrogens with zero attached hydrogens (tertiary/aromatic N) is 2. The maximum Gasteiger partial charge on any atom is 0.297 e. The number of Topliss-reactive ketones (excluding diaryl/α,β-unsaturated/α-hetero) is 1. The van der Waals surface area contributed by atoms with E-state index >= 15 is 0 Å². The van der Waals surface area contributed by atoms with E-state index in [1.807, 2.05) is 13.8 Å². The highest BCUT2D eigenvalue weighted by molar-refractivity contribution is 6.08. The Morgan fingerprint density at radius 3 is 2.56 bits per heavy atom. The van der Waals surface area contributed by atoms with Crippen molar-refractivity contribution in [2.24, 2.45) is 5.41 Å². The Labute approximate surface area is 184 Å². The summed E-state index contributed by atoms with van der Waals surface area (Å²) in [5.41, 5.74) is 0.799. The Morgan fingerprint density at radius 1 is 1.16 bits per heavy atom. The number of ether oxygens (including phenoxy) is 1. The largest absolute Gasteiger partial charge is 0.496 e. The summed E-state index contributed by atoms with van der Waals surface area (Å²) in [5, 5.41) is 11.8. The van der Waals surface area contributed by atoms with Crippen LogP contribution in [-0.4, -0.2) is 23.7 Å². The van der Waals surface area contributed by atoms with Crippen molar-refractivity contribution < 1.29 is 23.6 Å². The van der Waals surface area contributed by atoms with Gasteiger partial charge in [-0.1, -0.05) is 26.0 Å². The topological polar surface area (TPSA) is 89.8 Å². The molecule has 1 aliphatic carbocycles. The van der Waals surface area contributed by atoms with E-state index in [-0.39, 0.29) is 41.7 Å². The zero-order valence-electron chi connectivity index (χ0n) is 18.1. The molecule has 1 unspecified atom stereocenters. The summed E-state index contributed by atoms with van der Waals surface area (Å²) in [6.07, 6.45) is 0.580. The number of nitro groups is 1. The van der Waals surface area contributed by atoms with Crippen molar-refractivity contribution in [2.75, 3.05) is 12.0 Å². The van der Waals surface area contributed by atoms with Crippen LogP contribution in [0.3, 0.4) is 0 Å². The number of benzene rings is 2. The fourth-order valence-corrected chi connectivity index (χ4v) is 4.67. The average molecular weight is 438 g/mol. The third-order valence-corrected chi connectivity index (χ3v) is 6.01. The van der Waals surface area contributed by atoms with Gasteiger partial charge in [0.2, 0.25) is 5.91 Å². The molecule has 1 atom stereocenters. The monoisotopic (exact) mass is 438 g/mol. The van der Waals surface area contributed by atoms with Crippen molar-refractivity contribution in [3.05, 3.63) is 75.2 Å². The van der Waals surface area contributed by atoms with Crippen molar-refractivity contribution >= 4 is 23.1 Å². The van der Waals surface area contributed by atoms with E-state index in [0.717, 1.165) is 0 Å². The number of anilines is 1. The summed E-state index contributed by atoms with van der Waals surface area (Å²) in [5.74, 6) is -1.26. The number of allylic oxidation sites excluding steroid dienone is 2. The summed E-state index contributed by atoms with van der Waals surface area (Å²) in [7, 11) is 1.40. The van der Waals surface area contributed by atoms with Gasteiger partial charge in [-0.2, -0.15) is 0 Å². The second-order valence-corrected chi connectivity index (χ2v) is 8.95. The Bertz CT molecular complexity index is 1170. The van der Waals surface area contributed by atoms with Crippen LogP contribution in [-0.2, 0) is 9.59 Å². The molecule has 0 bridgehead atoms. The van der Waals surface area contributed by atoms with Crippen LogP contribution in [0.4, 0.5) is 15.8 Å². The van der Waals surface area contributed by atoms with E-state index in [4.69, 9.17) is 4.74 Å². The Balaban J connectivity index is 1.94. The predicted octanol–water partition coefficient (Wildman–Crippen LogP) is 4.91. The first-order chi connectivity index (χ1) is 15.1. The summed E-state index contributed by atoms with van der Waals surface area (Å²) in [6.45, 7) is 3.84. The zero-order chi connectivity index (χ0) is 23.2. The third-order valence-electron chi connectivity index (χ3n) is 6.01. The quantitative estimate of drug-likeness (QED) is 0.500. The number of carbonyl (C=O) groups is 2. The molecule has 1 amide bonds. The predicted molar refractivity (Wildman–Crippen MR) is 116 cm³/mol. The number of hydrogen-bond donors (Lipinski definition) is 0. The number of halogens is 1. The minimum Gasteiger partial charge on any atom is -0.496 e. The highest BCUT2D eigenvalue weighted by Gasteiger charge is 2.45. The molecule has 166 valence electrons. The lowest BCUT2D eigenvalue weighted by Gasteiger charge is -2.42. The lowest BCUT2D eigenvalue weighted by atomic mass is 9.69. The molecule has 8 heteroatoms. The molecule has 1 aliphatic heterocycles. The first-order valence-corrected chi connectivity index (χ1v) is 10.3. The standard InChI is InChI=1S/C24H23FN2O5/c1-24(2)12-20-23(21(28)13-24)17(14-5-4-6-15(25)9-14)11-22(29)26(20)18-8-7-16(32-3)10-19(18)27(30)31/h4-10,17H,11-13H2,1-3H3. The van der Waals surface area contributed by atoms with Crippen LogP contribution >= 0.6 is 0 Å². The first kappa shape index (κ1) is 21.7. The first-order valence-electron chi connectivity index (χ1n) is 10.3. The van der Waals surface area contributed by atoms with E-state index < -0.39 is 22.1 Å². The molecule has 0 saturated heterocycles. The van der Waals surface area contributed by atoms with Crippen molar-refractivity contribution in [3.8, 4) is 5.75 Å². The molecular formula is C24H23FN2O5. The number of ketones is 1. The summed E-state index contributed by atoms with van der Waals surface area (Å²) >= 11 is 0. The smallest absolute Gasteiger partial charge is 0.297 e. The molecule has 32 heavy (non-hydrogen) atoms. The van der Waals surface area contributed by atoms with Crippen LogP contribution in [0.1, 0.15) is 44.6 Å². The molecule has 0 radical (unpaired) electrons. The summed E-state index contributed by atoms with van der Waals surface area (Å²) < 4.78 is 19.0. The molecule has 1 heterocycles. The second-order valence-electron chi connectivity index (χ2n) is 8.95. The highest BCUT2D eigenvalue weighted by atomic mass is 19.1. The Hall–Kier alpha value is -3.55. The SMILES string of the molecule is COc1ccc(N2C(=O)CC(c3cccc(F)c3)C3=C2CC(C)(C)CC3=O)c([N+](=O)[O-])c1. The van der Waals surface area contributed by atoms with Gasteiger partial charge in [-0.05, 0) is 41.7 Å². The lowest BCUT2D eigenvalue weighted by molar-refractivity contribution is -0.384. The molecule has 0 saturated carbocycles. The van der Waals surface area contributed by atoms with Crippen LogP contribution in [0, 0.1) is 21.3 Å². The Kier molecular flexibility index (Phi) is 5.32. The van der Waals surface area contributed by atoms with E-state index in [1.165, 1.54) is 36.3 Å². The maximum absolute atomic E-state index is 13.9. The third kappa shape index (κ3) is 3.77. The van der Waals surface area contributed by atoms with E-state index in [9.17, 15) is 24.1 Å². The number of carbonyl (C=O) groups excluding carboxylic acids is 2. The van der Waals surface area contributed by atoms with Crippen LogP contribution in [0.25, 0.3) is 0 Å². The van der Waals surface area contributed by atoms with Crippen molar-refractivity contribution in [1.82, 2.24) is 0 Å². The number of methoxy groups -OCH3 is 1. The van der Waals surface area contributed by atoms with E-state index in [1.54, 1.807) is 18.2 Å². The van der Waals surface area contributed by atoms with Crippen LogP contribution in [0.2, 0.25) is 0 Å². The number of nitro benzene ring substituents is 1. The molecule has 2 aliphatic rings. The minimum absolute atomic E-state index is 0.0857. The zero-order valence-corrected chi connectivity index (χ0v) is 18.1. The normalized spacial score (nSPS) is 20.2. The molecule has 2 aromatic carbocycles. The van der Waals surface area contributed by atoms with Gasteiger partial charge >= 0.3 is 0 Å². The fraction of sp³-hybridized carbons (Fsp3) is 0.333. The average Bonchev–Trinajstić information content (AvgIpc) is 2.72. The van der Waals surface area contributed by atoms with Gasteiger partial charge in [0.1, 0.15) is 17.3 Å². The van der Waals surface area contributed by atoms with E-state index in [2.05, 4.69) is 0 Å². The molecule has 2 aromatic rings. The van der Waals surface area contributed by atoms with Gasteiger partial charge in [-0.25, -0.2) is 4.39 Å². The molecule has 0 spiro atoms. The van der Waals surface area contributed by atoms with Gasteiger partial charge in [0.05, 0.1) is 18.1 Å². The van der Waals surface area contributed by atoms with Gasteiger partial charge in [-0.15, -0.1) is 0 Å². The molecular weight excluding hydrogens is 415 g/mol. The molecule has 0 N–H and O–H groups in total. The van der Waals surface area contributed by atoms with Crippen molar-refractivity contribution in [3.63, 3.8) is 0 Å². The van der Waals surface area contributed by atoms with Gasteiger partial charge in [0.15, 0.2) is 5.78 Å². The van der Waals surface area contributed by atoms with Gasteiger partial charge < -0.3 is 4.74 Å². The second kappa shape index (κ2) is 7.85. The number of amides is 1. The molecule has 4 rings (SSSR count).